The molecule has 0 fully saturated rings. The number of nitrogens with one attached hydrogen (secondary N) is 2. The zero-order valence-electron chi connectivity index (χ0n) is 16.5. The third-order valence-electron chi connectivity index (χ3n) is 4.28. The fourth-order valence-electron chi connectivity index (χ4n) is 2.71. The maximum atomic E-state index is 12.5. The number of carbonyl (C=O) groups is 1. The van der Waals surface area contributed by atoms with E-state index in [1.165, 1.54) is 0 Å². The Hall–Kier alpha value is -3.54. The standard InChI is InChI=1S/C22H24N4O2/c1-15-5-11-20(28-4)19(13-15)25-22(27)16-6-12-21(23-14-16)24-17-7-9-18(10-8-17)26(2)3/h5-14H,1-4H3,(H,23,24)(H,25,27). The van der Waals surface area contributed by atoms with Crippen LogP contribution in [-0.2, 0) is 0 Å². The summed E-state index contributed by atoms with van der Waals surface area (Å²) in [5.41, 5.74) is 4.19. The third kappa shape index (κ3) is 4.59. The van der Waals surface area contributed by atoms with Gasteiger partial charge in [-0.2, -0.15) is 0 Å². The van der Waals surface area contributed by atoms with Crippen molar-refractivity contribution in [2.24, 2.45) is 0 Å². The molecule has 2 N–H and O–H groups in total. The lowest BCUT2D eigenvalue weighted by Gasteiger charge is -2.13. The van der Waals surface area contributed by atoms with Crippen LogP contribution in [-0.4, -0.2) is 32.1 Å². The molecule has 0 aliphatic carbocycles. The second kappa shape index (κ2) is 8.43. The van der Waals surface area contributed by atoms with Gasteiger partial charge in [0.2, 0.25) is 0 Å². The van der Waals surface area contributed by atoms with Crippen LogP contribution in [0.4, 0.5) is 22.9 Å². The monoisotopic (exact) mass is 376 g/mol. The summed E-state index contributed by atoms with van der Waals surface area (Å²) in [6.45, 7) is 1.96. The SMILES string of the molecule is COc1ccc(C)cc1NC(=O)c1ccc(Nc2ccc(N(C)C)cc2)nc1. The summed E-state index contributed by atoms with van der Waals surface area (Å²) in [4.78, 5) is 18.9. The Labute approximate surface area is 165 Å². The molecule has 1 aromatic heterocycles. The highest BCUT2D eigenvalue weighted by molar-refractivity contribution is 6.05. The van der Waals surface area contributed by atoms with Crippen LogP contribution in [0.25, 0.3) is 0 Å². The number of methoxy groups -OCH3 is 1. The lowest BCUT2D eigenvalue weighted by Crippen LogP contribution is -2.13. The van der Waals surface area contributed by atoms with Crippen molar-refractivity contribution in [3.05, 3.63) is 71.9 Å². The molecule has 0 spiro atoms. The van der Waals surface area contributed by atoms with Gasteiger partial charge in [-0.25, -0.2) is 4.98 Å². The molecule has 0 aliphatic heterocycles. The molecular weight excluding hydrogens is 352 g/mol. The largest absolute Gasteiger partial charge is 0.495 e. The fraction of sp³-hybridized carbons (Fsp3) is 0.182. The molecule has 1 heterocycles. The number of hydrogen-bond donors (Lipinski definition) is 2. The molecule has 144 valence electrons. The van der Waals surface area contributed by atoms with Gasteiger partial charge < -0.3 is 20.3 Å². The number of aromatic nitrogens is 1. The highest BCUT2D eigenvalue weighted by atomic mass is 16.5. The van der Waals surface area contributed by atoms with Crippen LogP contribution in [0.5, 0.6) is 5.75 Å². The van der Waals surface area contributed by atoms with Crippen molar-refractivity contribution in [2.45, 2.75) is 6.92 Å². The molecular formula is C22H24N4O2. The van der Waals surface area contributed by atoms with Gasteiger partial charge in [0.1, 0.15) is 11.6 Å². The number of aryl methyl sites for hydroxylation is 1. The molecule has 3 rings (SSSR count). The second-order valence-corrected chi connectivity index (χ2v) is 6.66. The van der Waals surface area contributed by atoms with Gasteiger partial charge in [0.25, 0.3) is 5.91 Å². The van der Waals surface area contributed by atoms with Crippen LogP contribution in [0, 0.1) is 6.92 Å². The van der Waals surface area contributed by atoms with Crippen LogP contribution in [0.3, 0.4) is 0 Å². The summed E-state index contributed by atoms with van der Waals surface area (Å²) in [7, 11) is 5.58. The smallest absolute Gasteiger partial charge is 0.257 e. The number of carbonyl (C=O) groups excluding carboxylic acids is 1. The van der Waals surface area contributed by atoms with Crippen molar-refractivity contribution >= 4 is 28.8 Å². The molecule has 1 amide bonds. The minimum atomic E-state index is -0.238. The van der Waals surface area contributed by atoms with Crippen LogP contribution >= 0.6 is 0 Å². The Morgan fingerprint density at radius 1 is 1.04 bits per heavy atom. The van der Waals surface area contributed by atoms with E-state index in [2.05, 4.69) is 15.6 Å². The van der Waals surface area contributed by atoms with E-state index in [1.807, 2.05) is 68.4 Å². The Kier molecular flexibility index (Phi) is 5.79. The topological polar surface area (TPSA) is 66.5 Å². The summed E-state index contributed by atoms with van der Waals surface area (Å²) in [5, 5.41) is 6.11. The Morgan fingerprint density at radius 3 is 2.39 bits per heavy atom. The van der Waals surface area contributed by atoms with E-state index in [1.54, 1.807) is 25.4 Å². The van der Waals surface area contributed by atoms with E-state index in [0.717, 1.165) is 16.9 Å². The van der Waals surface area contributed by atoms with E-state index in [-0.39, 0.29) is 5.91 Å². The van der Waals surface area contributed by atoms with E-state index >= 15 is 0 Å². The van der Waals surface area contributed by atoms with Gasteiger partial charge in [0.15, 0.2) is 0 Å². The minimum Gasteiger partial charge on any atom is -0.495 e. The highest BCUT2D eigenvalue weighted by Crippen LogP contribution is 2.26. The fourth-order valence-corrected chi connectivity index (χ4v) is 2.71. The number of nitrogens with zero attached hydrogens (tertiary/aromatic N) is 2. The van der Waals surface area contributed by atoms with Crippen molar-refractivity contribution in [3.8, 4) is 5.75 Å². The molecule has 0 aliphatic rings. The minimum absolute atomic E-state index is 0.238. The number of benzene rings is 2. The maximum absolute atomic E-state index is 12.5. The zero-order chi connectivity index (χ0) is 20.1. The third-order valence-corrected chi connectivity index (χ3v) is 4.28. The van der Waals surface area contributed by atoms with Crippen LogP contribution in [0.2, 0.25) is 0 Å². The van der Waals surface area contributed by atoms with Crippen molar-refractivity contribution in [2.75, 3.05) is 36.7 Å². The van der Waals surface area contributed by atoms with Gasteiger partial charge in [0, 0.05) is 31.7 Å². The van der Waals surface area contributed by atoms with Gasteiger partial charge in [-0.1, -0.05) is 6.07 Å². The summed E-state index contributed by atoms with van der Waals surface area (Å²) < 4.78 is 5.30. The Balaban J connectivity index is 1.68. The molecule has 6 nitrogen and oxygen atoms in total. The first-order valence-corrected chi connectivity index (χ1v) is 8.93. The van der Waals surface area contributed by atoms with E-state index in [0.29, 0.717) is 22.8 Å². The average molecular weight is 376 g/mol. The van der Waals surface area contributed by atoms with Crippen LogP contribution in [0.15, 0.2) is 60.8 Å². The van der Waals surface area contributed by atoms with E-state index < -0.39 is 0 Å². The predicted molar refractivity (Wildman–Crippen MR) is 114 cm³/mol. The summed E-state index contributed by atoms with van der Waals surface area (Å²) in [6, 6.07) is 17.2. The molecule has 0 saturated heterocycles. The molecule has 0 unspecified atom stereocenters. The average Bonchev–Trinajstić information content (AvgIpc) is 2.69. The molecule has 6 heteroatoms. The lowest BCUT2D eigenvalue weighted by molar-refractivity contribution is 0.102. The number of anilines is 4. The second-order valence-electron chi connectivity index (χ2n) is 6.66. The molecule has 3 aromatic rings. The Morgan fingerprint density at radius 2 is 1.79 bits per heavy atom. The van der Waals surface area contributed by atoms with Crippen molar-refractivity contribution in [3.63, 3.8) is 0 Å². The molecule has 0 bridgehead atoms. The number of ether oxygens (including phenoxy) is 1. The predicted octanol–water partition coefficient (Wildman–Crippen LogP) is 4.46. The first kappa shape index (κ1) is 19.2. The number of amides is 1. The number of pyridine rings is 1. The zero-order valence-corrected chi connectivity index (χ0v) is 16.5. The first-order valence-electron chi connectivity index (χ1n) is 8.93. The maximum Gasteiger partial charge on any atom is 0.257 e. The van der Waals surface area contributed by atoms with E-state index in [4.69, 9.17) is 4.74 Å². The van der Waals surface area contributed by atoms with Crippen molar-refractivity contribution in [1.29, 1.82) is 0 Å². The van der Waals surface area contributed by atoms with Crippen LogP contribution in [0.1, 0.15) is 15.9 Å². The Bertz CT molecular complexity index is 951. The van der Waals surface area contributed by atoms with Gasteiger partial charge in [0.05, 0.1) is 18.4 Å². The van der Waals surface area contributed by atoms with Gasteiger partial charge in [-0.05, 0) is 61.0 Å². The highest BCUT2D eigenvalue weighted by Gasteiger charge is 2.11. The van der Waals surface area contributed by atoms with Gasteiger partial charge in [-0.3, -0.25) is 4.79 Å². The quantitative estimate of drug-likeness (QED) is 0.665. The van der Waals surface area contributed by atoms with Crippen molar-refractivity contribution < 1.29 is 9.53 Å². The molecule has 0 saturated carbocycles. The van der Waals surface area contributed by atoms with E-state index in [9.17, 15) is 4.79 Å². The lowest BCUT2D eigenvalue weighted by atomic mass is 10.2. The number of rotatable bonds is 6. The summed E-state index contributed by atoms with van der Waals surface area (Å²) in [5.74, 6) is 1.05. The molecule has 2 aromatic carbocycles. The van der Waals surface area contributed by atoms with Gasteiger partial charge in [-0.15, -0.1) is 0 Å². The normalized spacial score (nSPS) is 10.3. The molecule has 0 atom stereocenters. The first-order chi connectivity index (χ1) is 13.5. The summed E-state index contributed by atoms with van der Waals surface area (Å²) >= 11 is 0. The van der Waals surface area contributed by atoms with Crippen molar-refractivity contribution in [1.82, 2.24) is 4.98 Å². The van der Waals surface area contributed by atoms with Crippen LogP contribution < -0.4 is 20.3 Å². The molecule has 0 radical (unpaired) electrons. The van der Waals surface area contributed by atoms with Gasteiger partial charge >= 0.3 is 0 Å². The number of hydrogen-bond acceptors (Lipinski definition) is 5. The summed E-state index contributed by atoms with van der Waals surface area (Å²) in [6.07, 6.45) is 1.55. The molecule has 28 heavy (non-hydrogen) atoms.